The molecule has 3 atom stereocenters. The lowest BCUT2D eigenvalue weighted by Crippen LogP contribution is -2.30. The smallest absolute Gasteiger partial charge is 0.0794 e. The van der Waals surface area contributed by atoms with E-state index in [1.165, 1.54) is 0 Å². The summed E-state index contributed by atoms with van der Waals surface area (Å²) in [7, 11) is 0. The zero-order chi connectivity index (χ0) is 11.7. The molecule has 2 nitrogen and oxygen atoms in total. The molecular weight excluding hydrogens is 245 g/mol. The van der Waals surface area contributed by atoms with Gasteiger partial charge in [0.2, 0.25) is 0 Å². The number of ether oxygens (including phenoxy) is 1. The van der Waals surface area contributed by atoms with Gasteiger partial charge in [0.05, 0.1) is 12.1 Å². The van der Waals surface area contributed by atoms with E-state index in [9.17, 15) is 0 Å². The second-order valence-corrected chi connectivity index (χ2v) is 5.14. The highest BCUT2D eigenvalue weighted by Crippen LogP contribution is 2.33. The van der Waals surface area contributed by atoms with Crippen LogP contribution in [-0.2, 0) is 4.74 Å². The summed E-state index contributed by atoms with van der Waals surface area (Å²) in [5, 5.41) is 1.31. The summed E-state index contributed by atoms with van der Waals surface area (Å²) in [6.45, 7) is 2.92. The summed E-state index contributed by atoms with van der Waals surface area (Å²) in [6, 6.07) is 5.16. The van der Waals surface area contributed by atoms with Crippen LogP contribution in [0.1, 0.15) is 24.9 Å². The third-order valence-electron chi connectivity index (χ3n) is 3.12. The Kier molecular flexibility index (Phi) is 3.75. The highest BCUT2D eigenvalue weighted by molar-refractivity contribution is 6.33. The fourth-order valence-electron chi connectivity index (χ4n) is 2.12. The molecule has 0 saturated carbocycles. The predicted octanol–water partition coefficient (Wildman–Crippen LogP) is 3.42. The van der Waals surface area contributed by atoms with Crippen LogP contribution in [0.4, 0.5) is 0 Å². The Morgan fingerprint density at radius 2 is 2.19 bits per heavy atom. The fraction of sp³-hybridized carbons (Fsp3) is 0.500. The van der Waals surface area contributed by atoms with Crippen LogP contribution in [-0.4, -0.2) is 12.7 Å². The zero-order valence-corrected chi connectivity index (χ0v) is 10.6. The summed E-state index contributed by atoms with van der Waals surface area (Å²) >= 11 is 12.1. The first-order valence-corrected chi connectivity index (χ1v) is 6.17. The van der Waals surface area contributed by atoms with E-state index in [2.05, 4.69) is 6.92 Å². The van der Waals surface area contributed by atoms with Crippen molar-refractivity contribution in [1.82, 2.24) is 0 Å². The molecule has 0 bridgehead atoms. The Labute approximate surface area is 106 Å². The lowest BCUT2D eigenvalue weighted by Gasteiger charge is -2.23. The third kappa shape index (κ3) is 2.35. The first-order valence-electron chi connectivity index (χ1n) is 5.41. The lowest BCUT2D eigenvalue weighted by molar-refractivity contribution is 0.0725. The second-order valence-electron chi connectivity index (χ2n) is 4.29. The number of rotatable bonds is 2. The van der Waals surface area contributed by atoms with Crippen LogP contribution in [0, 0.1) is 5.92 Å². The van der Waals surface area contributed by atoms with Crippen molar-refractivity contribution in [2.24, 2.45) is 11.7 Å². The van der Waals surface area contributed by atoms with Gasteiger partial charge >= 0.3 is 0 Å². The minimum Gasteiger partial charge on any atom is -0.376 e. The Morgan fingerprint density at radius 3 is 2.81 bits per heavy atom. The molecule has 1 aromatic carbocycles. The molecular formula is C12H15Cl2NO. The van der Waals surface area contributed by atoms with Gasteiger partial charge in [-0.05, 0) is 36.1 Å². The van der Waals surface area contributed by atoms with Crippen molar-refractivity contribution in [2.75, 3.05) is 6.61 Å². The average Bonchev–Trinajstić information content (AvgIpc) is 2.67. The van der Waals surface area contributed by atoms with Crippen molar-refractivity contribution in [3.63, 3.8) is 0 Å². The first-order chi connectivity index (χ1) is 7.59. The van der Waals surface area contributed by atoms with Gasteiger partial charge in [-0.1, -0.05) is 30.1 Å². The molecule has 1 aliphatic rings. The molecule has 16 heavy (non-hydrogen) atoms. The average molecular weight is 260 g/mol. The number of hydrogen-bond donors (Lipinski definition) is 1. The minimum absolute atomic E-state index is 0.0379. The van der Waals surface area contributed by atoms with E-state index in [1.54, 1.807) is 12.1 Å². The number of hydrogen-bond acceptors (Lipinski definition) is 2. The molecule has 1 saturated heterocycles. The standard InChI is InChI=1S/C12H15Cl2NO/c1-7-4-5-16-12(7)11(15)9-6-8(13)2-3-10(9)14/h2-3,6-7,11-12H,4-5,15H2,1H3. The van der Waals surface area contributed by atoms with Crippen LogP contribution in [0.15, 0.2) is 18.2 Å². The molecule has 1 heterocycles. The Morgan fingerprint density at radius 1 is 1.44 bits per heavy atom. The van der Waals surface area contributed by atoms with E-state index < -0.39 is 0 Å². The zero-order valence-electron chi connectivity index (χ0n) is 9.12. The SMILES string of the molecule is CC1CCOC1C(N)c1cc(Cl)ccc1Cl. The quantitative estimate of drug-likeness (QED) is 0.884. The third-order valence-corrected chi connectivity index (χ3v) is 3.69. The fourth-order valence-corrected chi connectivity index (χ4v) is 2.55. The molecule has 0 spiro atoms. The molecule has 88 valence electrons. The first kappa shape index (κ1) is 12.2. The molecule has 3 unspecified atom stereocenters. The van der Waals surface area contributed by atoms with E-state index in [1.807, 2.05) is 6.07 Å². The molecule has 0 amide bonds. The van der Waals surface area contributed by atoms with Gasteiger partial charge in [0.1, 0.15) is 0 Å². The Bertz CT molecular complexity index is 383. The van der Waals surface area contributed by atoms with Crippen molar-refractivity contribution in [3.05, 3.63) is 33.8 Å². The Balaban J connectivity index is 2.25. The summed E-state index contributed by atoms with van der Waals surface area (Å²) in [4.78, 5) is 0. The minimum atomic E-state index is -0.205. The molecule has 2 N–H and O–H groups in total. The van der Waals surface area contributed by atoms with Gasteiger partial charge in [-0.15, -0.1) is 0 Å². The summed E-state index contributed by atoms with van der Waals surface area (Å²) in [5.74, 6) is 0.463. The van der Waals surface area contributed by atoms with Gasteiger partial charge < -0.3 is 10.5 Å². The van der Waals surface area contributed by atoms with E-state index in [4.69, 9.17) is 33.7 Å². The molecule has 1 aliphatic heterocycles. The lowest BCUT2D eigenvalue weighted by atomic mass is 9.93. The van der Waals surface area contributed by atoms with E-state index in [-0.39, 0.29) is 12.1 Å². The van der Waals surface area contributed by atoms with Gasteiger partial charge in [-0.25, -0.2) is 0 Å². The monoisotopic (exact) mass is 259 g/mol. The number of halogens is 2. The number of benzene rings is 1. The maximum absolute atomic E-state index is 6.19. The largest absolute Gasteiger partial charge is 0.376 e. The van der Waals surface area contributed by atoms with Crippen molar-refractivity contribution < 1.29 is 4.74 Å². The molecule has 2 rings (SSSR count). The van der Waals surface area contributed by atoms with Crippen LogP contribution in [0.2, 0.25) is 10.0 Å². The van der Waals surface area contributed by atoms with Crippen molar-refractivity contribution in [1.29, 1.82) is 0 Å². The summed E-state index contributed by atoms with van der Waals surface area (Å²) in [6.07, 6.45) is 1.09. The van der Waals surface area contributed by atoms with E-state index in [0.29, 0.717) is 16.0 Å². The highest BCUT2D eigenvalue weighted by Gasteiger charge is 2.31. The van der Waals surface area contributed by atoms with Gasteiger partial charge in [0.15, 0.2) is 0 Å². The summed E-state index contributed by atoms with van der Waals surface area (Å²) in [5.41, 5.74) is 7.06. The van der Waals surface area contributed by atoms with Crippen LogP contribution in [0.3, 0.4) is 0 Å². The molecule has 0 aliphatic carbocycles. The van der Waals surface area contributed by atoms with Crippen LogP contribution < -0.4 is 5.73 Å². The summed E-state index contributed by atoms with van der Waals surface area (Å²) < 4.78 is 5.65. The number of nitrogens with two attached hydrogens (primary N) is 1. The van der Waals surface area contributed by atoms with Crippen LogP contribution >= 0.6 is 23.2 Å². The predicted molar refractivity (Wildman–Crippen MR) is 66.9 cm³/mol. The normalized spacial score (nSPS) is 27.0. The maximum Gasteiger partial charge on any atom is 0.0794 e. The second kappa shape index (κ2) is 4.92. The van der Waals surface area contributed by atoms with Crippen molar-refractivity contribution in [2.45, 2.75) is 25.5 Å². The van der Waals surface area contributed by atoms with E-state index in [0.717, 1.165) is 18.6 Å². The highest BCUT2D eigenvalue weighted by atomic mass is 35.5. The molecule has 0 aromatic heterocycles. The van der Waals surface area contributed by atoms with Crippen LogP contribution in [0.25, 0.3) is 0 Å². The van der Waals surface area contributed by atoms with Gasteiger partial charge in [0.25, 0.3) is 0 Å². The van der Waals surface area contributed by atoms with Gasteiger partial charge in [-0.3, -0.25) is 0 Å². The van der Waals surface area contributed by atoms with Crippen molar-refractivity contribution in [3.8, 4) is 0 Å². The van der Waals surface area contributed by atoms with Crippen LogP contribution in [0.5, 0.6) is 0 Å². The topological polar surface area (TPSA) is 35.2 Å². The van der Waals surface area contributed by atoms with Gasteiger partial charge in [0, 0.05) is 16.7 Å². The molecule has 0 radical (unpaired) electrons. The van der Waals surface area contributed by atoms with Crippen molar-refractivity contribution >= 4 is 23.2 Å². The van der Waals surface area contributed by atoms with Gasteiger partial charge in [-0.2, -0.15) is 0 Å². The Hall–Kier alpha value is -0.280. The van der Waals surface area contributed by atoms with E-state index >= 15 is 0 Å². The molecule has 4 heteroatoms. The maximum atomic E-state index is 6.19. The molecule has 1 fully saturated rings. The molecule has 1 aromatic rings.